The van der Waals surface area contributed by atoms with Gasteiger partial charge in [-0.2, -0.15) is 0 Å². The predicted octanol–water partition coefficient (Wildman–Crippen LogP) is 2.80. The van der Waals surface area contributed by atoms with Gasteiger partial charge in [0.15, 0.2) is 0 Å². The van der Waals surface area contributed by atoms with E-state index in [1.807, 2.05) is 11.3 Å². The van der Waals surface area contributed by atoms with Gasteiger partial charge in [0.05, 0.1) is 5.00 Å². The van der Waals surface area contributed by atoms with E-state index in [0.717, 1.165) is 6.42 Å². The van der Waals surface area contributed by atoms with Crippen LogP contribution in [0.5, 0.6) is 0 Å². The van der Waals surface area contributed by atoms with Gasteiger partial charge < -0.3 is 4.90 Å². The van der Waals surface area contributed by atoms with Crippen molar-refractivity contribution in [1.82, 2.24) is 0 Å². The summed E-state index contributed by atoms with van der Waals surface area (Å²) in [4.78, 5) is 2.17. The average Bonchev–Trinajstić information content (AvgIpc) is 2.33. The summed E-state index contributed by atoms with van der Waals surface area (Å²) in [5.74, 6) is 0. The smallest absolute Gasteiger partial charge is 0.0935 e. The molecule has 1 heterocycles. The second-order valence-electron chi connectivity index (χ2n) is 2.50. The molecule has 0 aliphatic carbocycles. The number of rotatable bonds is 2. The summed E-state index contributed by atoms with van der Waals surface area (Å²) in [7, 11) is 4.18. The zero-order valence-electron chi connectivity index (χ0n) is 7.13. The van der Waals surface area contributed by atoms with Gasteiger partial charge in [0, 0.05) is 14.1 Å². The molecule has 0 atom stereocenters. The van der Waals surface area contributed by atoms with E-state index < -0.39 is 0 Å². The van der Waals surface area contributed by atoms with Crippen molar-refractivity contribution in [2.24, 2.45) is 0 Å². The maximum atomic E-state index is 2.19. The van der Waals surface area contributed by atoms with Crippen molar-refractivity contribution in [3.8, 4) is 0 Å². The topological polar surface area (TPSA) is 3.24 Å². The molecule has 0 spiro atoms. The Morgan fingerprint density at radius 2 is 2.09 bits per heavy atom. The van der Waals surface area contributed by atoms with Gasteiger partial charge in [0.2, 0.25) is 0 Å². The molecule has 0 saturated heterocycles. The second-order valence-corrected chi connectivity index (χ2v) is 3.39. The van der Waals surface area contributed by atoms with E-state index in [1.54, 1.807) is 0 Å². The van der Waals surface area contributed by atoms with Crippen molar-refractivity contribution >= 4 is 28.7 Å². The van der Waals surface area contributed by atoms with E-state index in [2.05, 4.69) is 37.4 Å². The molecule has 0 N–H and O–H groups in total. The lowest BCUT2D eigenvalue weighted by molar-refractivity contribution is 1.09. The quantitative estimate of drug-likeness (QED) is 0.695. The van der Waals surface area contributed by atoms with Crippen LogP contribution in [0.4, 0.5) is 5.00 Å². The predicted molar refractivity (Wildman–Crippen MR) is 55.3 cm³/mol. The second kappa shape index (κ2) is 4.62. The first kappa shape index (κ1) is 10.8. The summed E-state index contributed by atoms with van der Waals surface area (Å²) in [6.07, 6.45) is 1.14. The molecule has 0 unspecified atom stereocenters. The molecule has 1 aromatic rings. The Morgan fingerprint density at radius 1 is 1.45 bits per heavy atom. The van der Waals surface area contributed by atoms with Gasteiger partial charge in [-0.3, -0.25) is 0 Å². The van der Waals surface area contributed by atoms with Crippen LogP contribution in [0, 0.1) is 0 Å². The van der Waals surface area contributed by atoms with Crippen LogP contribution in [0.1, 0.15) is 12.5 Å². The molecule has 0 radical (unpaired) electrons. The summed E-state index contributed by atoms with van der Waals surface area (Å²) in [6, 6.07) is 2.19. The van der Waals surface area contributed by atoms with Crippen LogP contribution in [0.15, 0.2) is 11.4 Å². The molecule has 3 heteroatoms. The van der Waals surface area contributed by atoms with Gasteiger partial charge in [-0.1, -0.05) is 6.92 Å². The van der Waals surface area contributed by atoms with Crippen LogP contribution in [0.2, 0.25) is 0 Å². The summed E-state index contributed by atoms with van der Waals surface area (Å²) in [5.41, 5.74) is 1.45. The zero-order valence-corrected chi connectivity index (χ0v) is 8.76. The summed E-state index contributed by atoms with van der Waals surface area (Å²) in [6.45, 7) is 2.19. The van der Waals surface area contributed by atoms with Gasteiger partial charge in [-0.15, -0.1) is 23.7 Å². The molecule has 1 nitrogen and oxygen atoms in total. The average molecular weight is 192 g/mol. The highest BCUT2D eigenvalue weighted by atomic mass is 35.5. The molecule has 1 aromatic heterocycles. The molecule has 0 aromatic carbocycles. The largest absolute Gasteiger partial charge is 0.369 e. The fourth-order valence-corrected chi connectivity index (χ4v) is 1.93. The SMILES string of the molecule is CCc1ccsc1N(C)C.Cl. The van der Waals surface area contributed by atoms with Gasteiger partial charge in [-0.25, -0.2) is 0 Å². The fourth-order valence-electron chi connectivity index (χ4n) is 0.989. The Hall–Kier alpha value is -0.210. The van der Waals surface area contributed by atoms with Crippen molar-refractivity contribution in [3.63, 3.8) is 0 Å². The first-order valence-electron chi connectivity index (χ1n) is 3.49. The maximum Gasteiger partial charge on any atom is 0.0935 e. The van der Waals surface area contributed by atoms with Crippen molar-refractivity contribution in [1.29, 1.82) is 0 Å². The molecule has 0 aliphatic rings. The van der Waals surface area contributed by atoms with E-state index in [9.17, 15) is 0 Å². The highest BCUT2D eigenvalue weighted by Crippen LogP contribution is 2.25. The molecule has 0 saturated carbocycles. The minimum atomic E-state index is 0. The van der Waals surface area contributed by atoms with Gasteiger partial charge >= 0.3 is 0 Å². The molecule has 1 rings (SSSR count). The van der Waals surface area contributed by atoms with E-state index >= 15 is 0 Å². The fraction of sp³-hybridized carbons (Fsp3) is 0.500. The highest BCUT2D eigenvalue weighted by Gasteiger charge is 2.01. The van der Waals surface area contributed by atoms with Crippen LogP contribution >= 0.6 is 23.7 Å². The molecule has 0 amide bonds. The van der Waals surface area contributed by atoms with Crippen LogP contribution in [-0.2, 0) is 6.42 Å². The number of thiophene rings is 1. The van der Waals surface area contributed by atoms with Gasteiger partial charge in [0.25, 0.3) is 0 Å². The Morgan fingerprint density at radius 3 is 2.45 bits per heavy atom. The van der Waals surface area contributed by atoms with Crippen LogP contribution < -0.4 is 4.90 Å². The first-order chi connectivity index (χ1) is 4.75. The number of halogens is 1. The number of nitrogens with zero attached hydrogens (tertiary/aromatic N) is 1. The molecule has 0 fully saturated rings. The summed E-state index contributed by atoms with van der Waals surface area (Å²) < 4.78 is 0. The minimum absolute atomic E-state index is 0. The lowest BCUT2D eigenvalue weighted by Crippen LogP contribution is -2.08. The summed E-state index contributed by atoms with van der Waals surface area (Å²) >= 11 is 1.81. The number of aryl methyl sites for hydroxylation is 1. The Balaban J connectivity index is 0.000001000. The Labute approximate surface area is 78.4 Å². The lowest BCUT2D eigenvalue weighted by Gasteiger charge is -2.10. The molecule has 64 valence electrons. The molecule has 11 heavy (non-hydrogen) atoms. The minimum Gasteiger partial charge on any atom is -0.369 e. The van der Waals surface area contributed by atoms with E-state index in [0.29, 0.717) is 0 Å². The van der Waals surface area contributed by atoms with Crippen LogP contribution in [0.25, 0.3) is 0 Å². The van der Waals surface area contributed by atoms with Crippen molar-refractivity contribution in [3.05, 3.63) is 17.0 Å². The van der Waals surface area contributed by atoms with E-state index in [1.165, 1.54) is 10.6 Å². The highest BCUT2D eigenvalue weighted by molar-refractivity contribution is 7.14. The Kier molecular flexibility index (Phi) is 4.54. The van der Waals surface area contributed by atoms with Crippen molar-refractivity contribution in [2.45, 2.75) is 13.3 Å². The monoisotopic (exact) mass is 191 g/mol. The van der Waals surface area contributed by atoms with Crippen LogP contribution in [-0.4, -0.2) is 14.1 Å². The van der Waals surface area contributed by atoms with Crippen molar-refractivity contribution in [2.75, 3.05) is 19.0 Å². The summed E-state index contributed by atoms with van der Waals surface area (Å²) in [5, 5.41) is 3.54. The number of anilines is 1. The van der Waals surface area contributed by atoms with Crippen molar-refractivity contribution < 1.29 is 0 Å². The standard InChI is InChI=1S/C8H13NS.ClH/c1-4-7-5-6-10-8(7)9(2)3;/h5-6H,4H2,1-3H3;1H. The third-order valence-corrected chi connectivity index (χ3v) is 2.63. The maximum absolute atomic E-state index is 2.19. The number of hydrogen-bond donors (Lipinski definition) is 0. The van der Waals surface area contributed by atoms with Crippen LogP contribution in [0.3, 0.4) is 0 Å². The molecular formula is C8H14ClNS. The number of hydrogen-bond acceptors (Lipinski definition) is 2. The Bertz CT molecular complexity index is 208. The molecular weight excluding hydrogens is 178 g/mol. The van der Waals surface area contributed by atoms with Gasteiger partial charge in [-0.05, 0) is 23.4 Å². The normalized spacial score (nSPS) is 9.00. The van der Waals surface area contributed by atoms with Gasteiger partial charge in [0.1, 0.15) is 0 Å². The zero-order chi connectivity index (χ0) is 7.56. The molecule has 0 aliphatic heterocycles. The third kappa shape index (κ3) is 2.38. The van der Waals surface area contributed by atoms with E-state index in [4.69, 9.17) is 0 Å². The third-order valence-electron chi connectivity index (χ3n) is 1.51. The molecule has 0 bridgehead atoms. The first-order valence-corrected chi connectivity index (χ1v) is 4.37. The van der Waals surface area contributed by atoms with E-state index in [-0.39, 0.29) is 12.4 Å². The lowest BCUT2D eigenvalue weighted by atomic mass is 10.2.